The van der Waals surface area contributed by atoms with Gasteiger partial charge in [0.05, 0.1) is 10.6 Å². The molecule has 0 aliphatic rings. The van der Waals surface area contributed by atoms with Crippen molar-refractivity contribution < 1.29 is 27.5 Å². The zero-order valence-corrected chi connectivity index (χ0v) is 18.6. The number of rotatable bonds is 8. The number of hydrogen-bond acceptors (Lipinski definition) is 7. The van der Waals surface area contributed by atoms with Crippen molar-refractivity contribution in [2.75, 3.05) is 27.2 Å². The molecule has 0 unspecified atom stereocenters. The molecule has 2 aromatic rings. The Morgan fingerprint density at radius 3 is 2.57 bits per heavy atom. The van der Waals surface area contributed by atoms with Gasteiger partial charge in [-0.2, -0.15) is 0 Å². The molecule has 162 valence electrons. The van der Waals surface area contributed by atoms with Gasteiger partial charge in [-0.05, 0) is 36.1 Å². The van der Waals surface area contributed by atoms with Gasteiger partial charge in [-0.1, -0.05) is 17.7 Å². The predicted octanol–water partition coefficient (Wildman–Crippen LogP) is 1.88. The zero-order chi connectivity index (χ0) is 22.3. The summed E-state index contributed by atoms with van der Waals surface area (Å²) < 4.78 is 30.3. The summed E-state index contributed by atoms with van der Waals surface area (Å²) in [5.74, 6) is -1.76. The quantitative estimate of drug-likeness (QED) is 0.564. The number of halogens is 1. The Hall–Kier alpha value is -2.47. The van der Waals surface area contributed by atoms with E-state index in [2.05, 4.69) is 5.32 Å². The van der Waals surface area contributed by atoms with Crippen LogP contribution in [0, 0.1) is 0 Å². The lowest BCUT2D eigenvalue weighted by Gasteiger charge is -2.13. The lowest BCUT2D eigenvalue weighted by Crippen LogP contribution is -2.42. The van der Waals surface area contributed by atoms with Gasteiger partial charge in [0.25, 0.3) is 5.91 Å². The number of urea groups is 1. The van der Waals surface area contributed by atoms with Crippen molar-refractivity contribution in [1.82, 2.24) is 14.9 Å². The zero-order valence-electron chi connectivity index (χ0n) is 16.2. The number of ether oxygens (including phenoxy) is 1. The van der Waals surface area contributed by atoms with Crippen molar-refractivity contribution in [2.45, 2.75) is 11.3 Å². The molecule has 9 nitrogen and oxygen atoms in total. The second-order valence-corrected chi connectivity index (χ2v) is 9.70. The van der Waals surface area contributed by atoms with Gasteiger partial charge in [0.1, 0.15) is 4.90 Å². The summed E-state index contributed by atoms with van der Waals surface area (Å²) in [6, 6.07) is 6.70. The standard InChI is InChI=1S/C18H20ClN3O6S2/c1-22(2)30(26,27)15-10-12(5-6-14(15)19)17(24)28-11-16(23)21-18(25)20-8-7-13-4-3-9-29-13/h3-6,9-10H,7-8,11H2,1-2H3,(H2,20,21,23,25). The fourth-order valence-electron chi connectivity index (χ4n) is 2.20. The normalized spacial score (nSPS) is 11.2. The lowest BCUT2D eigenvalue weighted by molar-refractivity contribution is -0.123. The number of thiophene rings is 1. The highest BCUT2D eigenvalue weighted by Gasteiger charge is 2.23. The fraction of sp³-hybridized carbons (Fsp3) is 0.278. The summed E-state index contributed by atoms with van der Waals surface area (Å²) in [4.78, 5) is 36.4. The van der Waals surface area contributed by atoms with E-state index in [4.69, 9.17) is 16.3 Å². The van der Waals surface area contributed by atoms with E-state index in [9.17, 15) is 22.8 Å². The van der Waals surface area contributed by atoms with Crippen LogP contribution in [0.3, 0.4) is 0 Å². The highest BCUT2D eigenvalue weighted by molar-refractivity contribution is 7.89. The number of hydrogen-bond donors (Lipinski definition) is 2. The third-order valence-corrected chi connectivity index (χ3v) is 6.98. The number of esters is 1. The molecular formula is C18H20ClN3O6S2. The summed E-state index contributed by atoms with van der Waals surface area (Å²) in [6.45, 7) is -0.372. The van der Waals surface area contributed by atoms with E-state index in [0.717, 1.165) is 15.2 Å². The Labute approximate surface area is 183 Å². The molecule has 0 bridgehead atoms. The minimum absolute atomic E-state index is 0.0581. The molecule has 0 atom stereocenters. The van der Waals surface area contributed by atoms with Gasteiger partial charge >= 0.3 is 12.0 Å². The summed E-state index contributed by atoms with van der Waals surface area (Å²) in [7, 11) is -1.22. The van der Waals surface area contributed by atoms with Crippen LogP contribution < -0.4 is 10.6 Å². The number of nitrogens with one attached hydrogen (secondary N) is 2. The topological polar surface area (TPSA) is 122 Å². The number of sulfonamides is 1. The van der Waals surface area contributed by atoms with Crippen LogP contribution in [-0.2, 0) is 26.0 Å². The first kappa shape index (κ1) is 23.8. The van der Waals surface area contributed by atoms with Crippen molar-refractivity contribution in [1.29, 1.82) is 0 Å². The first-order valence-electron chi connectivity index (χ1n) is 8.60. The van der Waals surface area contributed by atoms with Crippen LogP contribution >= 0.6 is 22.9 Å². The molecule has 1 aromatic carbocycles. The number of amides is 3. The Morgan fingerprint density at radius 2 is 1.93 bits per heavy atom. The average Bonchev–Trinajstić information content (AvgIpc) is 3.19. The van der Waals surface area contributed by atoms with Crippen molar-refractivity contribution in [2.24, 2.45) is 0 Å². The summed E-state index contributed by atoms with van der Waals surface area (Å²) >= 11 is 7.48. The van der Waals surface area contributed by atoms with Crippen molar-refractivity contribution >= 4 is 50.9 Å². The molecular weight excluding hydrogens is 454 g/mol. The number of nitrogens with zero attached hydrogens (tertiary/aromatic N) is 1. The van der Waals surface area contributed by atoms with Crippen LogP contribution in [0.2, 0.25) is 5.02 Å². The monoisotopic (exact) mass is 473 g/mol. The number of benzene rings is 1. The maximum absolute atomic E-state index is 12.3. The molecule has 0 aliphatic carbocycles. The Kier molecular flexibility index (Phi) is 8.35. The minimum atomic E-state index is -3.87. The number of carbonyl (C=O) groups is 3. The van der Waals surface area contributed by atoms with Gasteiger partial charge in [0.15, 0.2) is 6.61 Å². The second kappa shape index (κ2) is 10.5. The van der Waals surface area contributed by atoms with E-state index in [-0.39, 0.29) is 15.5 Å². The molecule has 0 radical (unpaired) electrons. The van der Waals surface area contributed by atoms with Crippen molar-refractivity contribution in [3.8, 4) is 0 Å². The Morgan fingerprint density at radius 1 is 1.20 bits per heavy atom. The molecule has 2 rings (SSSR count). The molecule has 0 aliphatic heterocycles. The molecule has 3 amide bonds. The fourth-order valence-corrected chi connectivity index (χ4v) is 4.30. The molecule has 2 N–H and O–H groups in total. The molecule has 12 heteroatoms. The minimum Gasteiger partial charge on any atom is -0.452 e. The summed E-state index contributed by atoms with van der Waals surface area (Å²) in [5, 5.41) is 6.43. The summed E-state index contributed by atoms with van der Waals surface area (Å²) in [5.41, 5.74) is -0.104. The van der Waals surface area contributed by atoms with Gasteiger partial charge in [-0.25, -0.2) is 22.3 Å². The van der Waals surface area contributed by atoms with E-state index in [0.29, 0.717) is 13.0 Å². The number of carbonyl (C=O) groups excluding carboxylic acids is 3. The van der Waals surface area contributed by atoms with Gasteiger partial charge in [0.2, 0.25) is 10.0 Å². The first-order valence-corrected chi connectivity index (χ1v) is 11.3. The largest absolute Gasteiger partial charge is 0.452 e. The van der Waals surface area contributed by atoms with Crippen molar-refractivity contribution in [3.63, 3.8) is 0 Å². The predicted molar refractivity (Wildman–Crippen MR) is 112 cm³/mol. The van der Waals surface area contributed by atoms with Crippen molar-refractivity contribution in [3.05, 3.63) is 51.2 Å². The van der Waals surface area contributed by atoms with Gasteiger partial charge in [-0.3, -0.25) is 10.1 Å². The molecule has 0 spiro atoms. The van der Waals surface area contributed by atoms with E-state index in [1.165, 1.54) is 26.2 Å². The first-order chi connectivity index (χ1) is 14.1. The SMILES string of the molecule is CN(C)S(=O)(=O)c1cc(C(=O)OCC(=O)NC(=O)NCCc2cccs2)ccc1Cl. The van der Waals surface area contributed by atoms with E-state index in [1.54, 1.807) is 11.3 Å². The van der Waals surface area contributed by atoms with Gasteiger partial charge in [0, 0.05) is 25.5 Å². The Balaban J connectivity index is 1.86. The third kappa shape index (κ3) is 6.52. The molecule has 1 heterocycles. The smallest absolute Gasteiger partial charge is 0.338 e. The van der Waals surface area contributed by atoms with Crippen LogP contribution in [-0.4, -0.2) is 57.9 Å². The Bertz CT molecular complexity index is 1020. The average molecular weight is 474 g/mol. The second-order valence-electron chi connectivity index (χ2n) is 6.14. The molecule has 0 saturated heterocycles. The van der Waals surface area contributed by atoms with Crippen LogP contribution in [0.5, 0.6) is 0 Å². The van der Waals surface area contributed by atoms with Gasteiger partial charge < -0.3 is 10.1 Å². The van der Waals surface area contributed by atoms with Crippen LogP contribution in [0.15, 0.2) is 40.6 Å². The van der Waals surface area contributed by atoms with E-state index >= 15 is 0 Å². The molecule has 0 fully saturated rings. The van der Waals surface area contributed by atoms with Crippen LogP contribution in [0.4, 0.5) is 4.79 Å². The van der Waals surface area contributed by atoms with Crippen LogP contribution in [0.25, 0.3) is 0 Å². The lowest BCUT2D eigenvalue weighted by atomic mass is 10.2. The highest BCUT2D eigenvalue weighted by Crippen LogP contribution is 2.25. The van der Waals surface area contributed by atoms with E-state index < -0.39 is 34.5 Å². The maximum atomic E-state index is 12.3. The van der Waals surface area contributed by atoms with Gasteiger partial charge in [-0.15, -0.1) is 11.3 Å². The molecule has 1 aromatic heterocycles. The number of imide groups is 1. The van der Waals surface area contributed by atoms with Crippen LogP contribution in [0.1, 0.15) is 15.2 Å². The third-order valence-electron chi connectivity index (χ3n) is 3.75. The molecule has 0 saturated carbocycles. The van der Waals surface area contributed by atoms with E-state index in [1.807, 2.05) is 22.8 Å². The summed E-state index contributed by atoms with van der Waals surface area (Å²) in [6.07, 6.45) is 0.628. The maximum Gasteiger partial charge on any atom is 0.338 e. The highest BCUT2D eigenvalue weighted by atomic mass is 35.5. The molecule has 30 heavy (non-hydrogen) atoms.